The highest BCUT2D eigenvalue weighted by molar-refractivity contribution is 5.80. The van der Waals surface area contributed by atoms with Gasteiger partial charge in [-0.25, -0.2) is 4.99 Å². The minimum atomic E-state index is 0.359. The van der Waals surface area contributed by atoms with E-state index >= 15 is 0 Å². The Morgan fingerprint density at radius 1 is 1.29 bits per heavy atom. The van der Waals surface area contributed by atoms with Crippen molar-refractivity contribution in [2.45, 2.75) is 32.9 Å². The van der Waals surface area contributed by atoms with Crippen molar-refractivity contribution in [2.75, 3.05) is 40.0 Å². The molecule has 0 saturated carbocycles. The van der Waals surface area contributed by atoms with Gasteiger partial charge in [-0.1, -0.05) is 24.3 Å². The molecule has 2 saturated heterocycles. The maximum absolute atomic E-state index is 5.63. The second kappa shape index (κ2) is 7.99. The average molecular weight is 331 g/mol. The monoisotopic (exact) mass is 331 g/mol. The minimum absolute atomic E-state index is 0.359. The van der Waals surface area contributed by atoms with Crippen LogP contribution in [0.1, 0.15) is 30.9 Å². The van der Waals surface area contributed by atoms with Gasteiger partial charge in [0.2, 0.25) is 0 Å². The van der Waals surface area contributed by atoms with Crippen LogP contribution in [0.2, 0.25) is 0 Å². The highest BCUT2D eigenvalue weighted by atomic mass is 16.5. The van der Waals surface area contributed by atoms with Gasteiger partial charge >= 0.3 is 0 Å². The van der Waals surface area contributed by atoms with Crippen LogP contribution in [0.5, 0.6) is 0 Å². The number of hydrogen-bond donors (Lipinski definition) is 1. The number of ether oxygens (including phenoxy) is 2. The zero-order valence-electron chi connectivity index (χ0n) is 14.9. The number of guanidine groups is 1. The third-order valence-electron chi connectivity index (χ3n) is 5.00. The Morgan fingerprint density at radius 3 is 2.75 bits per heavy atom. The number of likely N-dealkylation sites (tertiary alicyclic amines) is 1. The Labute approximate surface area is 145 Å². The van der Waals surface area contributed by atoms with Crippen LogP contribution in [0.25, 0.3) is 0 Å². The molecular formula is C19H29N3O2. The molecule has 1 aromatic carbocycles. The van der Waals surface area contributed by atoms with Gasteiger partial charge in [-0.3, -0.25) is 0 Å². The highest BCUT2D eigenvalue weighted by Gasteiger charge is 2.42. The molecule has 3 rings (SSSR count). The Hall–Kier alpha value is -1.59. The summed E-state index contributed by atoms with van der Waals surface area (Å²) in [7, 11) is 1.72. The first-order valence-corrected chi connectivity index (χ1v) is 8.92. The molecule has 0 bridgehead atoms. The minimum Gasteiger partial charge on any atom is -0.381 e. The number of benzene rings is 1. The number of nitrogens with zero attached hydrogens (tertiary/aromatic N) is 2. The van der Waals surface area contributed by atoms with E-state index in [0.29, 0.717) is 18.6 Å². The molecule has 1 spiro atoms. The molecule has 2 aliphatic rings. The molecule has 0 aliphatic carbocycles. The largest absolute Gasteiger partial charge is 0.381 e. The van der Waals surface area contributed by atoms with Crippen LogP contribution < -0.4 is 5.32 Å². The van der Waals surface area contributed by atoms with E-state index in [0.717, 1.165) is 38.8 Å². The number of nitrogens with one attached hydrogen (secondary N) is 1. The maximum Gasteiger partial charge on any atom is 0.194 e. The molecule has 2 fully saturated rings. The Balaban J connectivity index is 1.63. The molecule has 132 valence electrons. The van der Waals surface area contributed by atoms with Crippen LogP contribution in [-0.4, -0.2) is 50.8 Å². The van der Waals surface area contributed by atoms with Crippen LogP contribution in [0.4, 0.5) is 0 Å². The Kier molecular flexibility index (Phi) is 5.74. The summed E-state index contributed by atoms with van der Waals surface area (Å²) in [4.78, 5) is 7.26. The molecule has 0 aromatic heterocycles. The second-order valence-corrected chi connectivity index (χ2v) is 6.89. The predicted molar refractivity (Wildman–Crippen MR) is 96.0 cm³/mol. The molecular weight excluding hydrogens is 302 g/mol. The van der Waals surface area contributed by atoms with E-state index in [1.807, 2.05) is 0 Å². The van der Waals surface area contributed by atoms with Crippen molar-refractivity contribution in [3.63, 3.8) is 0 Å². The van der Waals surface area contributed by atoms with Crippen LogP contribution in [0.3, 0.4) is 0 Å². The van der Waals surface area contributed by atoms with Gasteiger partial charge in [-0.15, -0.1) is 0 Å². The van der Waals surface area contributed by atoms with E-state index in [1.54, 1.807) is 7.11 Å². The molecule has 0 radical (unpaired) electrons. The zero-order valence-corrected chi connectivity index (χ0v) is 14.9. The third-order valence-corrected chi connectivity index (χ3v) is 5.00. The maximum atomic E-state index is 5.63. The van der Waals surface area contributed by atoms with Crippen molar-refractivity contribution in [1.82, 2.24) is 10.2 Å². The van der Waals surface area contributed by atoms with E-state index in [4.69, 9.17) is 14.5 Å². The van der Waals surface area contributed by atoms with Gasteiger partial charge in [0, 0.05) is 38.8 Å². The summed E-state index contributed by atoms with van der Waals surface area (Å²) < 4.78 is 10.8. The molecule has 24 heavy (non-hydrogen) atoms. The summed E-state index contributed by atoms with van der Waals surface area (Å²) in [6, 6.07) is 8.50. The molecule has 0 amide bonds. The van der Waals surface area contributed by atoms with E-state index in [1.165, 1.54) is 24.0 Å². The van der Waals surface area contributed by atoms with Gasteiger partial charge in [-0.05, 0) is 30.9 Å². The lowest BCUT2D eigenvalue weighted by Crippen LogP contribution is -2.41. The zero-order chi connectivity index (χ0) is 16.8. The molecule has 1 atom stereocenters. The fraction of sp³-hybridized carbons (Fsp3) is 0.632. The first-order chi connectivity index (χ1) is 11.7. The van der Waals surface area contributed by atoms with Crippen LogP contribution in [-0.2, 0) is 22.6 Å². The van der Waals surface area contributed by atoms with Crippen LogP contribution in [0.15, 0.2) is 29.3 Å². The van der Waals surface area contributed by atoms with Crippen molar-refractivity contribution in [1.29, 1.82) is 0 Å². The summed E-state index contributed by atoms with van der Waals surface area (Å²) in [6.07, 6.45) is 2.40. The smallest absolute Gasteiger partial charge is 0.194 e. The molecule has 2 heterocycles. The SMILES string of the molecule is CCNC(=NCc1ccc(COC)cc1)N1CCC2(CCOC2)C1. The van der Waals surface area contributed by atoms with E-state index in [9.17, 15) is 0 Å². The topological polar surface area (TPSA) is 46.1 Å². The standard InChI is InChI=1S/C19H29N3O2/c1-3-20-18(22-10-8-19(14-22)9-11-24-15-19)21-12-16-4-6-17(7-5-16)13-23-2/h4-7H,3,8-15H2,1-2H3,(H,20,21). The quantitative estimate of drug-likeness (QED) is 0.665. The van der Waals surface area contributed by atoms with Gasteiger partial charge in [0.15, 0.2) is 5.96 Å². The lowest BCUT2D eigenvalue weighted by molar-refractivity contribution is 0.156. The summed E-state index contributed by atoms with van der Waals surface area (Å²) in [6.45, 7) is 8.33. The van der Waals surface area contributed by atoms with Crippen molar-refractivity contribution >= 4 is 5.96 Å². The van der Waals surface area contributed by atoms with Crippen molar-refractivity contribution in [3.8, 4) is 0 Å². The van der Waals surface area contributed by atoms with E-state index in [2.05, 4.69) is 41.4 Å². The molecule has 5 nitrogen and oxygen atoms in total. The average Bonchev–Trinajstić information content (AvgIpc) is 3.23. The Morgan fingerprint density at radius 2 is 2.08 bits per heavy atom. The number of hydrogen-bond acceptors (Lipinski definition) is 3. The number of rotatable bonds is 5. The molecule has 1 N–H and O–H groups in total. The summed E-state index contributed by atoms with van der Waals surface area (Å²) >= 11 is 0. The van der Waals surface area contributed by atoms with Crippen molar-refractivity contribution in [3.05, 3.63) is 35.4 Å². The van der Waals surface area contributed by atoms with Gasteiger partial charge in [0.25, 0.3) is 0 Å². The van der Waals surface area contributed by atoms with Gasteiger partial charge in [-0.2, -0.15) is 0 Å². The van der Waals surface area contributed by atoms with Gasteiger partial charge in [0.05, 0.1) is 19.8 Å². The lowest BCUT2D eigenvalue weighted by atomic mass is 9.87. The normalized spacial score (nSPS) is 24.1. The fourth-order valence-corrected chi connectivity index (χ4v) is 3.59. The second-order valence-electron chi connectivity index (χ2n) is 6.89. The van der Waals surface area contributed by atoms with E-state index < -0.39 is 0 Å². The first-order valence-electron chi connectivity index (χ1n) is 8.92. The summed E-state index contributed by atoms with van der Waals surface area (Å²) in [5.74, 6) is 1.03. The van der Waals surface area contributed by atoms with E-state index in [-0.39, 0.29) is 0 Å². The number of methoxy groups -OCH3 is 1. The Bertz CT molecular complexity index is 550. The van der Waals surface area contributed by atoms with Crippen molar-refractivity contribution in [2.24, 2.45) is 10.4 Å². The van der Waals surface area contributed by atoms with Crippen LogP contribution in [0, 0.1) is 5.41 Å². The molecule has 2 aliphatic heterocycles. The third kappa shape index (κ3) is 4.08. The number of aliphatic imine (C=N–C) groups is 1. The fourth-order valence-electron chi connectivity index (χ4n) is 3.59. The first kappa shape index (κ1) is 17.2. The lowest BCUT2D eigenvalue weighted by Gasteiger charge is -2.25. The highest BCUT2D eigenvalue weighted by Crippen LogP contribution is 2.38. The van der Waals surface area contributed by atoms with Crippen molar-refractivity contribution < 1.29 is 9.47 Å². The predicted octanol–water partition coefficient (Wildman–Crippen LogP) is 2.41. The molecule has 1 aromatic rings. The van der Waals surface area contributed by atoms with Crippen LogP contribution >= 0.6 is 0 Å². The summed E-state index contributed by atoms with van der Waals surface area (Å²) in [5, 5.41) is 3.45. The van der Waals surface area contributed by atoms with Gasteiger partial charge in [0.1, 0.15) is 0 Å². The molecule has 5 heteroatoms. The summed E-state index contributed by atoms with van der Waals surface area (Å²) in [5.41, 5.74) is 2.78. The van der Waals surface area contributed by atoms with Gasteiger partial charge < -0.3 is 19.7 Å². The molecule has 1 unspecified atom stereocenters.